The van der Waals surface area contributed by atoms with Crippen LogP contribution in [0, 0.1) is 6.92 Å². The SMILES string of the molecule is CCN1C(=O)Cc2cc(S(=O)(=O)CCC(=O)Nc3ccc(Br)c(C)c3)ccc21. The first-order valence-corrected chi connectivity index (χ1v) is 11.4. The molecule has 2 aromatic carbocycles. The van der Waals surface area contributed by atoms with Gasteiger partial charge in [-0.05, 0) is 61.4 Å². The van der Waals surface area contributed by atoms with Crippen molar-refractivity contribution in [3.8, 4) is 0 Å². The van der Waals surface area contributed by atoms with Crippen LogP contribution >= 0.6 is 15.9 Å². The number of nitrogens with one attached hydrogen (secondary N) is 1. The number of hydrogen-bond acceptors (Lipinski definition) is 4. The van der Waals surface area contributed by atoms with Gasteiger partial charge in [0.05, 0.1) is 17.1 Å². The van der Waals surface area contributed by atoms with E-state index in [-0.39, 0.29) is 35.3 Å². The fourth-order valence-electron chi connectivity index (χ4n) is 3.19. The molecule has 0 aliphatic carbocycles. The van der Waals surface area contributed by atoms with E-state index in [1.54, 1.807) is 23.1 Å². The van der Waals surface area contributed by atoms with Crippen molar-refractivity contribution in [3.05, 3.63) is 52.0 Å². The van der Waals surface area contributed by atoms with Crippen molar-refractivity contribution >= 4 is 49.0 Å². The Bertz CT molecular complexity index is 1050. The molecule has 0 atom stereocenters. The van der Waals surface area contributed by atoms with E-state index < -0.39 is 9.84 Å². The predicted molar refractivity (Wildman–Crippen MR) is 112 cm³/mol. The maximum absolute atomic E-state index is 12.6. The van der Waals surface area contributed by atoms with E-state index in [0.29, 0.717) is 17.8 Å². The maximum Gasteiger partial charge on any atom is 0.231 e. The average Bonchev–Trinajstić information content (AvgIpc) is 2.97. The molecular formula is C20H21BrN2O4S. The Hall–Kier alpha value is -2.19. The molecule has 148 valence electrons. The van der Waals surface area contributed by atoms with Crippen molar-refractivity contribution in [1.82, 2.24) is 0 Å². The highest BCUT2D eigenvalue weighted by molar-refractivity contribution is 9.10. The third kappa shape index (κ3) is 4.28. The van der Waals surface area contributed by atoms with Crippen LogP contribution in [0.15, 0.2) is 45.8 Å². The Kier molecular flexibility index (Phi) is 5.90. The van der Waals surface area contributed by atoms with E-state index >= 15 is 0 Å². The van der Waals surface area contributed by atoms with Crippen LogP contribution in [0.1, 0.15) is 24.5 Å². The molecule has 0 spiro atoms. The number of fused-ring (bicyclic) bond motifs is 1. The number of carbonyl (C=O) groups is 2. The number of anilines is 2. The number of nitrogens with zero attached hydrogens (tertiary/aromatic N) is 1. The molecule has 2 amide bonds. The van der Waals surface area contributed by atoms with Crippen LogP contribution in [0.25, 0.3) is 0 Å². The van der Waals surface area contributed by atoms with Crippen LogP contribution in [0.4, 0.5) is 11.4 Å². The van der Waals surface area contributed by atoms with E-state index in [1.165, 1.54) is 6.07 Å². The molecule has 0 fully saturated rings. The zero-order chi connectivity index (χ0) is 20.5. The lowest BCUT2D eigenvalue weighted by Crippen LogP contribution is -2.25. The number of aryl methyl sites for hydroxylation is 1. The minimum atomic E-state index is -3.62. The lowest BCUT2D eigenvalue weighted by atomic mass is 10.2. The van der Waals surface area contributed by atoms with Crippen molar-refractivity contribution in [3.63, 3.8) is 0 Å². The van der Waals surface area contributed by atoms with Gasteiger partial charge in [0.15, 0.2) is 9.84 Å². The van der Waals surface area contributed by atoms with E-state index in [0.717, 1.165) is 15.7 Å². The molecule has 1 aliphatic heterocycles. The second kappa shape index (κ2) is 8.05. The second-order valence-corrected chi connectivity index (χ2v) is 9.65. The molecule has 1 heterocycles. The van der Waals surface area contributed by atoms with E-state index in [4.69, 9.17) is 0 Å². The van der Waals surface area contributed by atoms with Gasteiger partial charge in [-0.2, -0.15) is 0 Å². The van der Waals surface area contributed by atoms with Gasteiger partial charge in [0.25, 0.3) is 0 Å². The molecule has 1 aliphatic rings. The van der Waals surface area contributed by atoms with Crippen molar-refractivity contribution in [2.45, 2.75) is 31.6 Å². The van der Waals surface area contributed by atoms with E-state index in [1.807, 2.05) is 26.0 Å². The Morgan fingerprint density at radius 3 is 2.64 bits per heavy atom. The van der Waals surface area contributed by atoms with Gasteiger partial charge in [0.2, 0.25) is 11.8 Å². The molecule has 0 unspecified atom stereocenters. The van der Waals surface area contributed by atoms with Crippen LogP contribution in [0.2, 0.25) is 0 Å². The Morgan fingerprint density at radius 2 is 1.96 bits per heavy atom. The minimum Gasteiger partial charge on any atom is -0.326 e. The minimum absolute atomic E-state index is 0.0313. The van der Waals surface area contributed by atoms with Gasteiger partial charge in [0, 0.05) is 28.8 Å². The van der Waals surface area contributed by atoms with Crippen molar-refractivity contribution < 1.29 is 18.0 Å². The summed E-state index contributed by atoms with van der Waals surface area (Å²) < 4.78 is 26.2. The maximum atomic E-state index is 12.6. The molecule has 0 aromatic heterocycles. The molecular weight excluding hydrogens is 444 g/mol. The van der Waals surface area contributed by atoms with Crippen LogP contribution in [0.5, 0.6) is 0 Å². The predicted octanol–water partition coefficient (Wildman–Crippen LogP) is 3.47. The molecule has 28 heavy (non-hydrogen) atoms. The van der Waals surface area contributed by atoms with Gasteiger partial charge >= 0.3 is 0 Å². The third-order valence-corrected chi connectivity index (χ3v) is 7.30. The van der Waals surface area contributed by atoms with Crippen molar-refractivity contribution in [1.29, 1.82) is 0 Å². The highest BCUT2D eigenvalue weighted by Crippen LogP contribution is 2.31. The highest BCUT2D eigenvalue weighted by atomic mass is 79.9. The zero-order valence-corrected chi connectivity index (χ0v) is 18.1. The summed E-state index contributed by atoms with van der Waals surface area (Å²) >= 11 is 3.40. The van der Waals surface area contributed by atoms with Crippen molar-refractivity contribution in [2.24, 2.45) is 0 Å². The van der Waals surface area contributed by atoms with E-state index in [9.17, 15) is 18.0 Å². The number of rotatable bonds is 6. The molecule has 6 nitrogen and oxygen atoms in total. The van der Waals surface area contributed by atoms with Crippen LogP contribution < -0.4 is 10.2 Å². The summed E-state index contributed by atoms with van der Waals surface area (Å²) in [6.07, 6.45) is 0.0600. The second-order valence-electron chi connectivity index (χ2n) is 6.69. The summed E-state index contributed by atoms with van der Waals surface area (Å²) in [6, 6.07) is 10.1. The summed E-state index contributed by atoms with van der Waals surface area (Å²) in [5, 5.41) is 2.72. The number of carbonyl (C=O) groups excluding carboxylic acids is 2. The third-order valence-electron chi connectivity index (χ3n) is 4.70. The summed E-state index contributed by atoms with van der Waals surface area (Å²) in [5.74, 6) is -0.687. The monoisotopic (exact) mass is 464 g/mol. The fourth-order valence-corrected chi connectivity index (χ4v) is 4.72. The number of sulfone groups is 1. The van der Waals surface area contributed by atoms with Gasteiger partial charge in [-0.15, -0.1) is 0 Å². The highest BCUT2D eigenvalue weighted by Gasteiger charge is 2.28. The molecule has 0 radical (unpaired) electrons. The lowest BCUT2D eigenvalue weighted by molar-refractivity contribution is -0.117. The summed E-state index contributed by atoms with van der Waals surface area (Å²) in [4.78, 5) is 25.9. The molecule has 0 saturated heterocycles. The quantitative estimate of drug-likeness (QED) is 0.709. The van der Waals surface area contributed by atoms with Gasteiger partial charge in [0.1, 0.15) is 0 Å². The Balaban J connectivity index is 1.67. The molecule has 0 bridgehead atoms. The number of hydrogen-bond donors (Lipinski definition) is 1. The fraction of sp³-hybridized carbons (Fsp3) is 0.300. The standard InChI is InChI=1S/C20H21BrN2O4S/c1-3-23-18-7-5-16(11-14(18)12-20(23)25)28(26,27)9-8-19(24)22-15-4-6-17(21)13(2)10-15/h4-7,10-11H,3,8-9,12H2,1-2H3,(H,22,24). The average molecular weight is 465 g/mol. The number of amides is 2. The topological polar surface area (TPSA) is 83.6 Å². The van der Waals surface area contributed by atoms with Gasteiger partial charge < -0.3 is 10.2 Å². The van der Waals surface area contributed by atoms with Gasteiger partial charge in [-0.25, -0.2) is 8.42 Å². The normalized spacial score (nSPS) is 13.5. The first-order chi connectivity index (χ1) is 13.2. The first-order valence-electron chi connectivity index (χ1n) is 8.93. The largest absolute Gasteiger partial charge is 0.326 e. The summed E-state index contributed by atoms with van der Waals surface area (Å²) in [6.45, 7) is 4.33. The van der Waals surface area contributed by atoms with E-state index in [2.05, 4.69) is 21.2 Å². The molecule has 3 rings (SSSR count). The van der Waals surface area contributed by atoms with Crippen LogP contribution in [-0.2, 0) is 25.8 Å². The Labute approximate surface area is 173 Å². The van der Waals surface area contributed by atoms with Crippen LogP contribution in [0.3, 0.4) is 0 Å². The van der Waals surface area contributed by atoms with Crippen LogP contribution in [-0.4, -0.2) is 32.5 Å². The first kappa shape index (κ1) is 20.5. The summed E-state index contributed by atoms with van der Waals surface area (Å²) in [7, 11) is -3.62. The number of benzene rings is 2. The lowest BCUT2D eigenvalue weighted by Gasteiger charge is -2.14. The Morgan fingerprint density at radius 1 is 1.21 bits per heavy atom. The molecule has 8 heteroatoms. The molecule has 2 aromatic rings. The smallest absolute Gasteiger partial charge is 0.231 e. The molecule has 1 N–H and O–H groups in total. The van der Waals surface area contributed by atoms with Gasteiger partial charge in [-0.3, -0.25) is 9.59 Å². The zero-order valence-electron chi connectivity index (χ0n) is 15.7. The summed E-state index contributed by atoms with van der Waals surface area (Å²) in [5.41, 5.74) is 3.07. The number of halogens is 1. The number of likely N-dealkylation sites (N-methyl/N-ethyl adjacent to an activating group) is 1. The molecule has 0 saturated carbocycles. The van der Waals surface area contributed by atoms with Crippen molar-refractivity contribution in [2.75, 3.05) is 22.5 Å². The van der Waals surface area contributed by atoms with Gasteiger partial charge in [-0.1, -0.05) is 15.9 Å².